The fraction of sp³-hybridized carbons (Fsp3) is 0.625. The Morgan fingerprint density at radius 3 is 2.14 bits per heavy atom. The van der Waals surface area contributed by atoms with Crippen LogP contribution in [0.1, 0.15) is 44.2 Å². The first-order chi connectivity index (χ1) is 9.90. The summed E-state index contributed by atoms with van der Waals surface area (Å²) in [6.07, 6.45) is -2.39. The monoisotopic (exact) mass is 301 g/mol. The highest BCUT2D eigenvalue weighted by Crippen LogP contribution is 2.37. The number of alkyl halides is 3. The van der Waals surface area contributed by atoms with Crippen molar-refractivity contribution in [2.45, 2.75) is 50.9 Å². The minimum Gasteiger partial charge on any atom is -0.497 e. The van der Waals surface area contributed by atoms with Crippen LogP contribution in [0.15, 0.2) is 24.3 Å². The maximum absolute atomic E-state index is 12.6. The van der Waals surface area contributed by atoms with Crippen molar-refractivity contribution < 1.29 is 17.9 Å². The van der Waals surface area contributed by atoms with Gasteiger partial charge in [-0.05, 0) is 50.3 Å². The average Bonchev–Trinajstić information content (AvgIpc) is 2.47. The maximum atomic E-state index is 12.6. The van der Waals surface area contributed by atoms with Gasteiger partial charge in [0.15, 0.2) is 0 Å². The van der Waals surface area contributed by atoms with Crippen molar-refractivity contribution in [1.29, 1.82) is 0 Å². The Bertz CT molecular complexity index is 436. The third-order valence-electron chi connectivity index (χ3n) is 4.29. The number of nitrogens with one attached hydrogen (secondary N) is 1. The van der Waals surface area contributed by atoms with Gasteiger partial charge < -0.3 is 10.1 Å². The molecule has 0 heterocycles. The summed E-state index contributed by atoms with van der Waals surface area (Å²) in [6, 6.07) is 8.06. The summed E-state index contributed by atoms with van der Waals surface area (Å²) in [4.78, 5) is 0. The summed E-state index contributed by atoms with van der Waals surface area (Å²) in [5, 5.41) is 3.44. The minimum absolute atomic E-state index is 0.128. The molecular weight excluding hydrogens is 279 g/mol. The molecule has 2 nitrogen and oxygen atoms in total. The third-order valence-corrected chi connectivity index (χ3v) is 4.29. The molecule has 21 heavy (non-hydrogen) atoms. The number of halogens is 3. The van der Waals surface area contributed by atoms with Gasteiger partial charge in [0.1, 0.15) is 5.75 Å². The Morgan fingerprint density at radius 1 is 1.10 bits per heavy atom. The van der Waals surface area contributed by atoms with E-state index >= 15 is 0 Å². The molecule has 5 heteroatoms. The molecule has 0 spiro atoms. The van der Waals surface area contributed by atoms with Crippen LogP contribution in [0, 0.1) is 5.92 Å². The highest BCUT2D eigenvalue weighted by atomic mass is 19.4. The van der Waals surface area contributed by atoms with Gasteiger partial charge in [0.2, 0.25) is 0 Å². The van der Waals surface area contributed by atoms with E-state index in [4.69, 9.17) is 4.74 Å². The van der Waals surface area contributed by atoms with Crippen molar-refractivity contribution in [2.24, 2.45) is 5.92 Å². The molecule has 1 aromatic carbocycles. The Labute approximate surface area is 123 Å². The van der Waals surface area contributed by atoms with Crippen LogP contribution in [-0.4, -0.2) is 19.3 Å². The first-order valence-electron chi connectivity index (χ1n) is 7.37. The van der Waals surface area contributed by atoms with Crippen LogP contribution in [0.5, 0.6) is 5.75 Å². The molecule has 2 rings (SSSR count). The average molecular weight is 301 g/mol. The van der Waals surface area contributed by atoms with Crippen LogP contribution >= 0.6 is 0 Å². The van der Waals surface area contributed by atoms with Gasteiger partial charge in [0, 0.05) is 12.1 Å². The van der Waals surface area contributed by atoms with E-state index in [0.29, 0.717) is 12.8 Å². The lowest BCUT2D eigenvalue weighted by molar-refractivity contribution is -0.182. The Hall–Kier alpha value is -1.23. The Balaban J connectivity index is 1.85. The molecule has 0 amide bonds. The first kappa shape index (κ1) is 16.1. The number of hydrogen-bond acceptors (Lipinski definition) is 2. The lowest BCUT2D eigenvalue weighted by Crippen LogP contribution is -2.38. The van der Waals surface area contributed by atoms with Gasteiger partial charge in [-0.1, -0.05) is 12.1 Å². The molecule has 0 radical (unpaired) electrons. The Morgan fingerprint density at radius 2 is 1.67 bits per heavy atom. The number of methoxy groups -OCH3 is 1. The zero-order valence-electron chi connectivity index (χ0n) is 12.4. The fourth-order valence-electron chi connectivity index (χ4n) is 2.93. The van der Waals surface area contributed by atoms with Crippen LogP contribution in [-0.2, 0) is 0 Å². The molecule has 1 fully saturated rings. The van der Waals surface area contributed by atoms with E-state index in [1.165, 1.54) is 0 Å². The molecule has 0 unspecified atom stereocenters. The molecule has 0 saturated heterocycles. The van der Waals surface area contributed by atoms with Crippen LogP contribution in [0.2, 0.25) is 0 Å². The van der Waals surface area contributed by atoms with Gasteiger partial charge in [-0.3, -0.25) is 0 Å². The summed E-state index contributed by atoms with van der Waals surface area (Å²) in [7, 11) is 1.62. The van der Waals surface area contributed by atoms with E-state index in [2.05, 4.69) is 5.32 Å². The van der Waals surface area contributed by atoms with E-state index in [9.17, 15) is 13.2 Å². The Kier molecular flexibility index (Phi) is 5.14. The summed E-state index contributed by atoms with van der Waals surface area (Å²) in [5.74, 6) is -0.316. The van der Waals surface area contributed by atoms with Gasteiger partial charge in [-0.15, -0.1) is 0 Å². The standard InChI is InChI=1S/C16H22F3NO/c1-11(12-3-9-15(21-2)10-4-12)20-14-7-5-13(6-8-14)16(17,18)19/h3-4,9-11,13-14,20H,5-8H2,1-2H3/t11-,13?,14?/m0/s1. The lowest BCUT2D eigenvalue weighted by atomic mass is 9.85. The SMILES string of the molecule is COc1ccc([C@H](C)NC2CCC(C(F)(F)F)CC2)cc1. The van der Waals surface area contributed by atoms with Crippen LogP contribution in [0.25, 0.3) is 0 Å². The van der Waals surface area contributed by atoms with E-state index in [0.717, 1.165) is 11.3 Å². The third kappa shape index (κ3) is 4.37. The number of rotatable bonds is 4. The smallest absolute Gasteiger partial charge is 0.391 e. The van der Waals surface area contributed by atoms with E-state index in [-0.39, 0.29) is 24.9 Å². The normalized spacial score (nSPS) is 24.6. The van der Waals surface area contributed by atoms with Crippen molar-refractivity contribution in [1.82, 2.24) is 5.32 Å². The predicted octanol–water partition coefficient (Wildman–Crippen LogP) is 4.47. The molecule has 0 aliphatic heterocycles. The highest BCUT2D eigenvalue weighted by Gasteiger charge is 2.41. The predicted molar refractivity (Wildman–Crippen MR) is 76.3 cm³/mol. The summed E-state index contributed by atoms with van der Waals surface area (Å²) in [6.45, 7) is 2.04. The zero-order valence-corrected chi connectivity index (χ0v) is 12.4. The summed E-state index contributed by atoms with van der Waals surface area (Å²) >= 11 is 0. The molecule has 1 saturated carbocycles. The van der Waals surface area contributed by atoms with Gasteiger partial charge in [0.25, 0.3) is 0 Å². The molecule has 1 atom stereocenters. The number of hydrogen-bond donors (Lipinski definition) is 1. The number of benzene rings is 1. The zero-order chi connectivity index (χ0) is 15.5. The molecule has 1 aliphatic rings. The quantitative estimate of drug-likeness (QED) is 0.886. The molecule has 0 aromatic heterocycles. The summed E-state index contributed by atoms with van der Waals surface area (Å²) < 4.78 is 43.0. The first-order valence-corrected chi connectivity index (χ1v) is 7.37. The molecule has 1 aliphatic carbocycles. The van der Waals surface area contributed by atoms with Crippen molar-refractivity contribution in [2.75, 3.05) is 7.11 Å². The van der Waals surface area contributed by atoms with E-state index in [1.54, 1.807) is 7.11 Å². The molecule has 0 bridgehead atoms. The van der Waals surface area contributed by atoms with Crippen molar-refractivity contribution in [3.63, 3.8) is 0 Å². The van der Waals surface area contributed by atoms with Gasteiger partial charge in [0.05, 0.1) is 13.0 Å². The lowest BCUT2D eigenvalue weighted by Gasteiger charge is -2.32. The molecule has 118 valence electrons. The van der Waals surface area contributed by atoms with Gasteiger partial charge in [-0.2, -0.15) is 13.2 Å². The topological polar surface area (TPSA) is 21.3 Å². The fourth-order valence-corrected chi connectivity index (χ4v) is 2.93. The molecule has 1 aromatic rings. The van der Waals surface area contributed by atoms with E-state index < -0.39 is 12.1 Å². The molecule has 1 N–H and O–H groups in total. The second kappa shape index (κ2) is 6.69. The van der Waals surface area contributed by atoms with Crippen molar-refractivity contribution >= 4 is 0 Å². The maximum Gasteiger partial charge on any atom is 0.391 e. The van der Waals surface area contributed by atoms with E-state index in [1.807, 2.05) is 31.2 Å². The second-order valence-corrected chi connectivity index (χ2v) is 5.75. The largest absolute Gasteiger partial charge is 0.497 e. The summed E-state index contributed by atoms with van der Waals surface area (Å²) in [5.41, 5.74) is 1.12. The minimum atomic E-state index is -4.04. The van der Waals surface area contributed by atoms with Crippen molar-refractivity contribution in [3.8, 4) is 5.75 Å². The van der Waals surface area contributed by atoms with Crippen LogP contribution in [0.3, 0.4) is 0 Å². The van der Waals surface area contributed by atoms with Crippen LogP contribution in [0.4, 0.5) is 13.2 Å². The number of ether oxygens (including phenoxy) is 1. The highest BCUT2D eigenvalue weighted by molar-refractivity contribution is 5.28. The van der Waals surface area contributed by atoms with Gasteiger partial charge in [-0.25, -0.2) is 0 Å². The molecular formula is C16H22F3NO. The van der Waals surface area contributed by atoms with Crippen LogP contribution < -0.4 is 10.1 Å². The van der Waals surface area contributed by atoms with Gasteiger partial charge >= 0.3 is 6.18 Å². The second-order valence-electron chi connectivity index (χ2n) is 5.75. The van der Waals surface area contributed by atoms with Crippen molar-refractivity contribution in [3.05, 3.63) is 29.8 Å².